The fourth-order valence-corrected chi connectivity index (χ4v) is 4.16. The molecule has 1 aliphatic carbocycles. The highest BCUT2D eigenvalue weighted by molar-refractivity contribution is 5.31. The zero-order valence-corrected chi connectivity index (χ0v) is 17.3. The van der Waals surface area contributed by atoms with Gasteiger partial charge in [0.2, 0.25) is 0 Å². The summed E-state index contributed by atoms with van der Waals surface area (Å²) in [5.74, 6) is -0.376. The molecule has 0 amide bonds. The van der Waals surface area contributed by atoms with Gasteiger partial charge in [-0.3, -0.25) is 0 Å². The summed E-state index contributed by atoms with van der Waals surface area (Å²) in [6, 6.07) is 7.18. The maximum Gasteiger partial charge on any atom is 0.426 e. The minimum atomic E-state index is -4.95. The Morgan fingerprint density at radius 2 is 1.48 bits per heavy atom. The highest BCUT2D eigenvalue weighted by Gasteiger charge is 2.39. The van der Waals surface area contributed by atoms with E-state index in [1.54, 1.807) is 12.1 Å². The van der Waals surface area contributed by atoms with Crippen molar-refractivity contribution in [3.8, 4) is 5.75 Å². The highest BCUT2D eigenvalue weighted by atomic mass is 19.4. The van der Waals surface area contributed by atoms with Gasteiger partial charge in [0.25, 0.3) is 0 Å². The first-order valence-electron chi connectivity index (χ1n) is 10.6. The number of aryl methyl sites for hydroxylation is 1. The minimum absolute atomic E-state index is 0.141. The van der Waals surface area contributed by atoms with Gasteiger partial charge in [-0.05, 0) is 60.6 Å². The second-order valence-corrected chi connectivity index (χ2v) is 8.29. The Morgan fingerprint density at radius 3 is 2.03 bits per heavy atom. The number of benzene rings is 2. The van der Waals surface area contributed by atoms with Crippen molar-refractivity contribution in [1.29, 1.82) is 0 Å². The molecule has 0 radical (unpaired) electrons. The molecule has 0 bridgehead atoms. The lowest BCUT2D eigenvalue weighted by atomic mass is 9.78. The SMILES string of the molecule is CCC1CCC(CCc2ccc(OC(F)(F)c3ccc(C(F)(F)F)c(F)c3)cc2)CC1. The average Bonchev–Trinajstić information content (AvgIpc) is 2.72. The molecular formula is C24H26F6O. The van der Waals surface area contributed by atoms with Crippen LogP contribution in [0.2, 0.25) is 0 Å². The zero-order chi connectivity index (χ0) is 22.6. The van der Waals surface area contributed by atoms with Gasteiger partial charge in [-0.2, -0.15) is 22.0 Å². The van der Waals surface area contributed by atoms with Crippen LogP contribution in [0.1, 0.15) is 62.1 Å². The second-order valence-electron chi connectivity index (χ2n) is 8.29. The Labute approximate surface area is 178 Å². The van der Waals surface area contributed by atoms with E-state index in [1.165, 1.54) is 44.2 Å². The van der Waals surface area contributed by atoms with Gasteiger partial charge < -0.3 is 4.74 Å². The van der Waals surface area contributed by atoms with Crippen LogP contribution in [0.25, 0.3) is 0 Å². The monoisotopic (exact) mass is 444 g/mol. The van der Waals surface area contributed by atoms with Gasteiger partial charge in [-0.1, -0.05) is 51.2 Å². The van der Waals surface area contributed by atoms with Crippen LogP contribution in [0.5, 0.6) is 5.75 Å². The molecule has 31 heavy (non-hydrogen) atoms. The summed E-state index contributed by atoms with van der Waals surface area (Å²) in [6.45, 7) is 2.23. The van der Waals surface area contributed by atoms with Crippen LogP contribution < -0.4 is 4.74 Å². The largest absolute Gasteiger partial charge is 0.429 e. The maximum absolute atomic E-state index is 14.3. The van der Waals surface area contributed by atoms with Gasteiger partial charge in [-0.25, -0.2) is 4.39 Å². The summed E-state index contributed by atoms with van der Waals surface area (Å²) in [6.07, 6.45) is -0.779. The first kappa shape index (κ1) is 23.5. The van der Waals surface area contributed by atoms with E-state index in [0.717, 1.165) is 24.3 Å². The number of alkyl halides is 5. The molecule has 1 saturated carbocycles. The first-order valence-corrected chi connectivity index (χ1v) is 10.6. The number of ether oxygens (including phenoxy) is 1. The van der Waals surface area contributed by atoms with Gasteiger partial charge >= 0.3 is 12.3 Å². The Bertz CT molecular complexity index is 851. The van der Waals surface area contributed by atoms with Crippen LogP contribution in [-0.4, -0.2) is 0 Å². The van der Waals surface area contributed by atoms with Crippen molar-refractivity contribution in [1.82, 2.24) is 0 Å². The van der Waals surface area contributed by atoms with Crippen molar-refractivity contribution in [2.24, 2.45) is 11.8 Å². The molecular weight excluding hydrogens is 418 g/mol. The van der Waals surface area contributed by atoms with Crippen molar-refractivity contribution in [3.63, 3.8) is 0 Å². The third-order valence-electron chi connectivity index (χ3n) is 6.16. The van der Waals surface area contributed by atoms with Crippen LogP contribution in [0, 0.1) is 17.7 Å². The van der Waals surface area contributed by atoms with Gasteiger partial charge in [0.15, 0.2) is 0 Å². The molecule has 1 aliphatic rings. The Kier molecular flexibility index (Phi) is 7.22. The molecule has 0 aromatic heterocycles. The van der Waals surface area contributed by atoms with Crippen LogP contribution in [0.3, 0.4) is 0 Å². The van der Waals surface area contributed by atoms with Gasteiger partial charge in [0, 0.05) is 0 Å². The summed E-state index contributed by atoms with van der Waals surface area (Å²) in [4.78, 5) is 0. The lowest BCUT2D eigenvalue weighted by Crippen LogP contribution is -2.22. The van der Waals surface area contributed by atoms with Crippen molar-refractivity contribution >= 4 is 0 Å². The molecule has 0 N–H and O–H groups in total. The normalized spacial score (nSPS) is 20.0. The molecule has 0 atom stereocenters. The predicted molar refractivity (Wildman–Crippen MR) is 106 cm³/mol. The third kappa shape index (κ3) is 6.17. The summed E-state index contributed by atoms with van der Waals surface area (Å²) in [5, 5.41) is 0. The molecule has 0 spiro atoms. The van der Waals surface area contributed by atoms with E-state index in [2.05, 4.69) is 11.7 Å². The van der Waals surface area contributed by atoms with E-state index >= 15 is 0 Å². The molecule has 170 valence electrons. The van der Waals surface area contributed by atoms with E-state index in [1.807, 2.05) is 0 Å². The number of rotatable bonds is 7. The van der Waals surface area contributed by atoms with Gasteiger partial charge in [-0.15, -0.1) is 0 Å². The van der Waals surface area contributed by atoms with E-state index in [4.69, 9.17) is 0 Å². The van der Waals surface area contributed by atoms with E-state index in [9.17, 15) is 26.3 Å². The Balaban J connectivity index is 1.58. The summed E-state index contributed by atoms with van der Waals surface area (Å²) < 4.78 is 84.8. The van der Waals surface area contributed by atoms with Crippen LogP contribution in [0.4, 0.5) is 26.3 Å². The van der Waals surface area contributed by atoms with Gasteiger partial charge in [0.1, 0.15) is 11.6 Å². The lowest BCUT2D eigenvalue weighted by Gasteiger charge is -2.27. The van der Waals surface area contributed by atoms with E-state index in [0.29, 0.717) is 18.1 Å². The third-order valence-corrected chi connectivity index (χ3v) is 6.16. The molecule has 2 aromatic rings. The molecule has 3 rings (SSSR count). The smallest absolute Gasteiger partial charge is 0.426 e. The van der Waals surface area contributed by atoms with E-state index in [-0.39, 0.29) is 11.8 Å². The van der Waals surface area contributed by atoms with Crippen LogP contribution in [0.15, 0.2) is 42.5 Å². The summed E-state index contributed by atoms with van der Waals surface area (Å²) >= 11 is 0. The van der Waals surface area contributed by atoms with Crippen LogP contribution in [-0.2, 0) is 18.7 Å². The number of hydrogen-bond donors (Lipinski definition) is 0. The quantitative estimate of drug-likeness (QED) is 0.392. The molecule has 0 unspecified atom stereocenters. The standard InChI is InChI=1S/C24H26F6O/c1-2-16-3-5-17(6-4-16)7-8-18-9-12-20(13-10-18)31-24(29,30)19-11-14-21(22(25)15-19)23(26,27)28/h9-17H,2-8H2,1H3. The average molecular weight is 444 g/mol. The second kappa shape index (κ2) is 9.53. The molecule has 1 fully saturated rings. The molecule has 7 heteroatoms. The molecule has 0 heterocycles. The lowest BCUT2D eigenvalue weighted by molar-refractivity contribution is -0.186. The highest BCUT2D eigenvalue weighted by Crippen LogP contribution is 2.37. The van der Waals surface area contributed by atoms with Crippen molar-refractivity contribution in [2.75, 3.05) is 0 Å². The molecule has 2 aromatic carbocycles. The Morgan fingerprint density at radius 1 is 0.871 bits per heavy atom. The Hall–Kier alpha value is -2.18. The number of halogens is 6. The molecule has 0 saturated heterocycles. The summed E-state index contributed by atoms with van der Waals surface area (Å²) in [5.41, 5.74) is -1.57. The fourth-order valence-electron chi connectivity index (χ4n) is 4.16. The van der Waals surface area contributed by atoms with Crippen LogP contribution >= 0.6 is 0 Å². The molecule has 1 nitrogen and oxygen atoms in total. The zero-order valence-electron chi connectivity index (χ0n) is 17.3. The number of hydrogen-bond acceptors (Lipinski definition) is 1. The first-order chi connectivity index (χ1) is 14.6. The van der Waals surface area contributed by atoms with Gasteiger partial charge in [0.05, 0.1) is 11.1 Å². The van der Waals surface area contributed by atoms with Crippen molar-refractivity contribution in [2.45, 2.75) is 64.2 Å². The summed E-state index contributed by atoms with van der Waals surface area (Å²) in [7, 11) is 0. The van der Waals surface area contributed by atoms with Crippen molar-refractivity contribution in [3.05, 3.63) is 65.0 Å². The predicted octanol–water partition coefficient (Wildman–Crippen LogP) is 8.12. The maximum atomic E-state index is 14.3. The van der Waals surface area contributed by atoms with E-state index < -0.39 is 29.2 Å². The topological polar surface area (TPSA) is 9.23 Å². The fraction of sp³-hybridized carbons (Fsp3) is 0.500. The van der Waals surface area contributed by atoms with Crippen molar-refractivity contribution < 1.29 is 31.1 Å². The minimum Gasteiger partial charge on any atom is -0.429 e. The molecule has 0 aliphatic heterocycles.